The first-order valence-electron chi connectivity index (χ1n) is 10.2. The van der Waals surface area contributed by atoms with Crippen molar-refractivity contribution in [3.8, 4) is 0 Å². The van der Waals surface area contributed by atoms with Crippen LogP contribution in [0.1, 0.15) is 58.4 Å². The van der Waals surface area contributed by atoms with E-state index in [4.69, 9.17) is 4.74 Å². The van der Waals surface area contributed by atoms with Gasteiger partial charge in [0, 0.05) is 38.1 Å². The number of carbonyl (C=O) groups is 2. The highest BCUT2D eigenvalue weighted by Gasteiger charge is 2.26. The lowest BCUT2D eigenvalue weighted by Crippen LogP contribution is -2.41. The molecule has 154 valence electrons. The summed E-state index contributed by atoms with van der Waals surface area (Å²) in [7, 11) is 0. The number of amides is 2. The lowest BCUT2D eigenvalue weighted by atomic mass is 9.92. The van der Waals surface area contributed by atoms with Crippen LogP contribution in [0, 0.1) is 5.92 Å². The molecule has 1 aliphatic heterocycles. The molecule has 2 heterocycles. The van der Waals surface area contributed by atoms with Crippen molar-refractivity contribution in [3.05, 3.63) is 36.2 Å². The van der Waals surface area contributed by atoms with Crippen LogP contribution in [0.25, 0.3) is 6.08 Å². The number of carbonyl (C=O) groups excluding carboxylic acids is 2. The first-order valence-corrected chi connectivity index (χ1v) is 10.2. The number of nitrogens with one attached hydrogen (secondary N) is 1. The molecular weight excluding hydrogens is 354 g/mol. The summed E-state index contributed by atoms with van der Waals surface area (Å²) >= 11 is 0. The minimum Gasteiger partial charge on any atom is -0.444 e. The van der Waals surface area contributed by atoms with Crippen molar-refractivity contribution >= 4 is 18.1 Å². The minimum atomic E-state index is -0.439. The van der Waals surface area contributed by atoms with Gasteiger partial charge in [0.15, 0.2) is 0 Å². The van der Waals surface area contributed by atoms with Gasteiger partial charge in [-0.25, -0.2) is 4.79 Å². The number of rotatable bonds is 7. The lowest BCUT2D eigenvalue weighted by molar-refractivity contribution is -0.116. The fraction of sp³-hybridized carbons (Fsp3) is 0.591. The van der Waals surface area contributed by atoms with Gasteiger partial charge in [-0.05, 0) is 63.7 Å². The van der Waals surface area contributed by atoms with E-state index in [0.29, 0.717) is 12.5 Å². The minimum absolute atomic E-state index is 0.0745. The molecular formula is C22H33N3O3. The Labute approximate surface area is 168 Å². The molecule has 0 aromatic carbocycles. The second kappa shape index (κ2) is 10.8. The quantitative estimate of drug-likeness (QED) is 0.566. The summed E-state index contributed by atoms with van der Waals surface area (Å²) in [6.07, 6.45) is 11.8. The molecule has 0 bridgehead atoms. The lowest BCUT2D eigenvalue weighted by Gasteiger charge is -2.33. The summed E-state index contributed by atoms with van der Waals surface area (Å²) in [5, 5.41) is 2.92. The predicted octanol–water partition coefficient (Wildman–Crippen LogP) is 4.03. The van der Waals surface area contributed by atoms with Crippen LogP contribution < -0.4 is 5.32 Å². The van der Waals surface area contributed by atoms with Gasteiger partial charge in [-0.1, -0.05) is 18.9 Å². The van der Waals surface area contributed by atoms with Crippen molar-refractivity contribution in [2.75, 3.05) is 19.6 Å². The van der Waals surface area contributed by atoms with Gasteiger partial charge in [0.2, 0.25) is 5.91 Å². The van der Waals surface area contributed by atoms with Crippen LogP contribution in [0.5, 0.6) is 0 Å². The standard InChI is InChI=1S/C22H33N3O3/c1-22(2,3)28-21(27)25-15-11-18(12-16-25)7-4-5-14-24-20(26)10-9-19-8-6-13-23-17-19/h6,8-10,13,17-18H,4-5,7,11-12,14-16H2,1-3H3,(H,24,26). The van der Waals surface area contributed by atoms with Crippen molar-refractivity contribution in [3.63, 3.8) is 0 Å². The highest BCUT2D eigenvalue weighted by molar-refractivity contribution is 5.91. The molecule has 1 fully saturated rings. The van der Waals surface area contributed by atoms with Crippen LogP contribution >= 0.6 is 0 Å². The first kappa shape index (κ1) is 21.9. The second-order valence-electron chi connectivity index (χ2n) is 8.32. The van der Waals surface area contributed by atoms with E-state index in [1.807, 2.05) is 37.8 Å². The number of likely N-dealkylation sites (tertiary alicyclic amines) is 1. The van der Waals surface area contributed by atoms with Gasteiger partial charge in [0.25, 0.3) is 0 Å². The third-order valence-electron chi connectivity index (χ3n) is 4.72. The van der Waals surface area contributed by atoms with Gasteiger partial charge in [-0.2, -0.15) is 0 Å². The van der Waals surface area contributed by atoms with Crippen LogP contribution in [0.3, 0.4) is 0 Å². The van der Waals surface area contributed by atoms with E-state index < -0.39 is 5.60 Å². The normalized spacial score (nSPS) is 15.6. The number of aromatic nitrogens is 1. The van der Waals surface area contributed by atoms with Gasteiger partial charge in [-0.3, -0.25) is 9.78 Å². The third kappa shape index (κ3) is 8.55. The molecule has 0 atom stereocenters. The molecule has 1 saturated heterocycles. The molecule has 2 amide bonds. The van der Waals surface area contributed by atoms with Crippen LogP contribution in [0.4, 0.5) is 4.79 Å². The zero-order valence-corrected chi connectivity index (χ0v) is 17.3. The number of hydrogen-bond donors (Lipinski definition) is 1. The van der Waals surface area contributed by atoms with Crippen LogP contribution in [-0.2, 0) is 9.53 Å². The molecule has 0 radical (unpaired) electrons. The summed E-state index contributed by atoms with van der Waals surface area (Å²) in [5.41, 5.74) is 0.473. The van der Waals surface area contributed by atoms with E-state index in [2.05, 4.69) is 10.3 Å². The Morgan fingerprint density at radius 1 is 1.29 bits per heavy atom. The van der Waals surface area contributed by atoms with Gasteiger partial charge < -0.3 is 15.0 Å². The molecule has 6 heteroatoms. The molecule has 1 aromatic heterocycles. The predicted molar refractivity (Wildman–Crippen MR) is 111 cm³/mol. The number of pyridine rings is 1. The molecule has 28 heavy (non-hydrogen) atoms. The van der Waals surface area contributed by atoms with Gasteiger partial charge >= 0.3 is 6.09 Å². The molecule has 2 rings (SSSR count). The average Bonchev–Trinajstić information content (AvgIpc) is 2.66. The average molecular weight is 388 g/mol. The van der Waals surface area contributed by atoms with Gasteiger partial charge in [0.05, 0.1) is 0 Å². The van der Waals surface area contributed by atoms with Crippen LogP contribution in [0.2, 0.25) is 0 Å². The summed E-state index contributed by atoms with van der Waals surface area (Å²) in [5.74, 6) is 0.578. The fourth-order valence-corrected chi connectivity index (χ4v) is 3.21. The Balaban J connectivity index is 1.54. The van der Waals surface area contributed by atoms with Crippen molar-refractivity contribution < 1.29 is 14.3 Å². The molecule has 6 nitrogen and oxygen atoms in total. The Bertz CT molecular complexity index is 645. The molecule has 0 spiro atoms. The Hall–Kier alpha value is -2.37. The second-order valence-corrected chi connectivity index (χ2v) is 8.32. The van der Waals surface area contributed by atoms with Crippen LogP contribution in [0.15, 0.2) is 30.6 Å². The number of ether oxygens (including phenoxy) is 1. The number of nitrogens with zero attached hydrogens (tertiary/aromatic N) is 2. The third-order valence-corrected chi connectivity index (χ3v) is 4.72. The smallest absolute Gasteiger partial charge is 0.410 e. The van der Waals surface area contributed by atoms with E-state index in [9.17, 15) is 9.59 Å². The van der Waals surface area contributed by atoms with Gasteiger partial charge in [0.1, 0.15) is 5.60 Å². The summed E-state index contributed by atoms with van der Waals surface area (Å²) in [4.78, 5) is 29.7. The first-order chi connectivity index (χ1) is 13.3. The number of piperidine rings is 1. The van der Waals surface area contributed by atoms with Crippen LogP contribution in [-0.4, -0.2) is 47.1 Å². The largest absolute Gasteiger partial charge is 0.444 e. The maximum atomic E-state index is 12.1. The van der Waals surface area contributed by atoms with Gasteiger partial charge in [-0.15, -0.1) is 0 Å². The maximum absolute atomic E-state index is 12.1. The van der Waals surface area contributed by atoms with E-state index >= 15 is 0 Å². The van der Waals surface area contributed by atoms with Crippen molar-refractivity contribution in [1.29, 1.82) is 0 Å². The van der Waals surface area contributed by atoms with E-state index in [1.165, 1.54) is 0 Å². The summed E-state index contributed by atoms with van der Waals surface area (Å²) in [6.45, 7) is 7.92. The Morgan fingerprint density at radius 3 is 2.68 bits per heavy atom. The number of hydrogen-bond acceptors (Lipinski definition) is 4. The maximum Gasteiger partial charge on any atom is 0.410 e. The zero-order valence-electron chi connectivity index (χ0n) is 17.3. The highest BCUT2D eigenvalue weighted by atomic mass is 16.6. The van der Waals surface area contributed by atoms with E-state index in [0.717, 1.165) is 50.8 Å². The molecule has 1 aliphatic rings. The Morgan fingerprint density at radius 2 is 2.04 bits per heavy atom. The zero-order chi connectivity index (χ0) is 20.4. The topological polar surface area (TPSA) is 71.5 Å². The molecule has 0 aliphatic carbocycles. The van der Waals surface area contributed by atoms with E-state index in [1.54, 1.807) is 24.5 Å². The highest BCUT2D eigenvalue weighted by Crippen LogP contribution is 2.23. The molecule has 1 N–H and O–H groups in total. The molecule has 0 unspecified atom stereocenters. The van der Waals surface area contributed by atoms with Crippen molar-refractivity contribution in [1.82, 2.24) is 15.2 Å². The monoisotopic (exact) mass is 387 g/mol. The number of unbranched alkanes of at least 4 members (excludes halogenated alkanes) is 1. The molecule has 1 aromatic rings. The Kier molecular flexibility index (Phi) is 8.48. The van der Waals surface area contributed by atoms with Crippen molar-refractivity contribution in [2.24, 2.45) is 5.92 Å². The van der Waals surface area contributed by atoms with E-state index in [-0.39, 0.29) is 12.0 Å². The molecule has 0 saturated carbocycles. The summed E-state index contributed by atoms with van der Waals surface area (Å²) in [6, 6.07) is 3.75. The van der Waals surface area contributed by atoms with Crippen molar-refractivity contribution in [2.45, 2.75) is 58.5 Å². The fourth-order valence-electron chi connectivity index (χ4n) is 3.21. The SMILES string of the molecule is CC(C)(C)OC(=O)N1CCC(CCCCNC(=O)C=Cc2cccnc2)CC1. The summed E-state index contributed by atoms with van der Waals surface area (Å²) < 4.78 is 5.43.